The van der Waals surface area contributed by atoms with E-state index in [1.165, 1.54) is 50.4 Å². The lowest BCUT2D eigenvalue weighted by atomic mass is 9.99. The third-order valence-corrected chi connectivity index (χ3v) is 6.17. The van der Waals surface area contributed by atoms with E-state index in [1.54, 1.807) is 0 Å². The zero-order valence-corrected chi connectivity index (χ0v) is 19.0. The van der Waals surface area contributed by atoms with Crippen molar-refractivity contribution in [3.8, 4) is 11.1 Å². The Bertz CT molecular complexity index is 1120. The van der Waals surface area contributed by atoms with Gasteiger partial charge in [0.25, 0.3) is 0 Å². The summed E-state index contributed by atoms with van der Waals surface area (Å²) in [7, 11) is 0. The molecule has 0 saturated heterocycles. The van der Waals surface area contributed by atoms with E-state index in [0.29, 0.717) is 0 Å². The minimum absolute atomic E-state index is 1.03. The summed E-state index contributed by atoms with van der Waals surface area (Å²) in [6.07, 6.45) is 2.06. The van der Waals surface area contributed by atoms with Crippen LogP contribution in [0.1, 0.15) is 36.1 Å². The van der Waals surface area contributed by atoms with Gasteiger partial charge in [-0.05, 0) is 84.8 Å². The van der Waals surface area contributed by atoms with Gasteiger partial charge in [0.2, 0.25) is 0 Å². The van der Waals surface area contributed by atoms with Crippen LogP contribution in [0.5, 0.6) is 0 Å². The van der Waals surface area contributed by atoms with E-state index in [9.17, 15) is 0 Å². The lowest BCUT2D eigenvalue weighted by Gasteiger charge is -2.29. The maximum Gasteiger partial charge on any atom is 0.0540 e. The van der Waals surface area contributed by atoms with Crippen molar-refractivity contribution in [1.82, 2.24) is 0 Å². The van der Waals surface area contributed by atoms with Crippen LogP contribution >= 0.6 is 0 Å². The molecule has 0 saturated carbocycles. The third-order valence-electron chi connectivity index (χ3n) is 6.17. The third kappa shape index (κ3) is 4.27. The first kappa shape index (κ1) is 20.9. The van der Waals surface area contributed by atoms with Gasteiger partial charge in [0.05, 0.1) is 5.69 Å². The molecule has 0 atom stereocenters. The predicted octanol–water partition coefficient (Wildman–Crippen LogP) is 8.57. The summed E-state index contributed by atoms with van der Waals surface area (Å²) >= 11 is 0. The maximum absolute atomic E-state index is 2.42. The fourth-order valence-corrected chi connectivity index (χ4v) is 4.31. The van der Waals surface area contributed by atoms with Gasteiger partial charge < -0.3 is 4.90 Å². The van der Waals surface area contributed by atoms with Crippen LogP contribution in [-0.4, -0.2) is 0 Å². The van der Waals surface area contributed by atoms with E-state index in [1.807, 2.05) is 0 Å². The Balaban J connectivity index is 1.97. The second-order valence-corrected chi connectivity index (χ2v) is 8.15. The molecule has 0 amide bonds. The topological polar surface area (TPSA) is 3.24 Å². The van der Waals surface area contributed by atoms with Crippen molar-refractivity contribution in [2.45, 2.75) is 40.5 Å². The Morgan fingerprint density at radius 1 is 0.581 bits per heavy atom. The molecule has 0 N–H and O–H groups in total. The second kappa shape index (κ2) is 9.22. The van der Waals surface area contributed by atoms with Crippen LogP contribution in [-0.2, 0) is 12.8 Å². The molecular weight excluding hydrogens is 374 g/mol. The Labute approximate surface area is 187 Å². The van der Waals surface area contributed by atoms with Crippen molar-refractivity contribution < 1.29 is 0 Å². The molecule has 31 heavy (non-hydrogen) atoms. The van der Waals surface area contributed by atoms with E-state index in [-0.39, 0.29) is 0 Å². The Kier molecular flexibility index (Phi) is 6.23. The fourth-order valence-electron chi connectivity index (χ4n) is 4.31. The highest BCUT2D eigenvalue weighted by molar-refractivity contribution is 5.88. The first-order valence-electron chi connectivity index (χ1n) is 11.3. The number of benzene rings is 4. The highest BCUT2D eigenvalue weighted by Gasteiger charge is 2.18. The molecular formula is C30H31N. The molecule has 0 aliphatic carbocycles. The summed E-state index contributed by atoms with van der Waals surface area (Å²) in [5, 5.41) is 0. The van der Waals surface area contributed by atoms with Crippen molar-refractivity contribution in [3.05, 3.63) is 113 Å². The molecule has 0 bridgehead atoms. The van der Waals surface area contributed by atoms with Crippen LogP contribution in [0.2, 0.25) is 0 Å². The van der Waals surface area contributed by atoms with E-state index >= 15 is 0 Å². The largest absolute Gasteiger partial charge is 0.310 e. The van der Waals surface area contributed by atoms with Gasteiger partial charge in [0, 0.05) is 16.9 Å². The molecule has 0 unspecified atom stereocenters. The van der Waals surface area contributed by atoms with Gasteiger partial charge in [-0.3, -0.25) is 0 Å². The number of hydrogen-bond donors (Lipinski definition) is 0. The molecule has 0 fully saturated rings. The number of nitrogens with zero attached hydrogens (tertiary/aromatic N) is 1. The molecule has 4 aromatic rings. The van der Waals surface area contributed by atoms with Crippen LogP contribution in [0.4, 0.5) is 17.1 Å². The molecule has 1 heteroatoms. The van der Waals surface area contributed by atoms with Gasteiger partial charge >= 0.3 is 0 Å². The monoisotopic (exact) mass is 405 g/mol. The SMILES string of the molecule is CCc1cc(N(c2ccc(C)c(CC)c2)c2ccccc2-c2ccccc2)ccc1C. The molecule has 0 heterocycles. The zero-order valence-electron chi connectivity index (χ0n) is 19.0. The number of rotatable bonds is 6. The maximum atomic E-state index is 2.42. The minimum atomic E-state index is 1.03. The molecule has 0 aliphatic rings. The van der Waals surface area contributed by atoms with Crippen molar-refractivity contribution in [2.75, 3.05) is 4.90 Å². The first-order chi connectivity index (χ1) is 15.1. The van der Waals surface area contributed by atoms with Gasteiger partial charge in [-0.15, -0.1) is 0 Å². The number of aryl methyl sites for hydroxylation is 4. The van der Waals surface area contributed by atoms with E-state index < -0.39 is 0 Å². The highest BCUT2D eigenvalue weighted by Crippen LogP contribution is 2.41. The summed E-state index contributed by atoms with van der Waals surface area (Å²) in [6.45, 7) is 8.86. The van der Waals surface area contributed by atoms with Crippen LogP contribution < -0.4 is 4.90 Å². The van der Waals surface area contributed by atoms with Crippen molar-refractivity contribution in [1.29, 1.82) is 0 Å². The molecule has 1 nitrogen and oxygen atoms in total. The Hall–Kier alpha value is -3.32. The summed E-state index contributed by atoms with van der Waals surface area (Å²) in [6, 6.07) is 33.1. The summed E-state index contributed by atoms with van der Waals surface area (Å²) in [4.78, 5) is 2.42. The smallest absolute Gasteiger partial charge is 0.0540 e. The lowest BCUT2D eigenvalue weighted by molar-refractivity contribution is 1.09. The molecule has 0 aliphatic heterocycles. The Morgan fingerprint density at radius 2 is 1.10 bits per heavy atom. The first-order valence-corrected chi connectivity index (χ1v) is 11.3. The molecule has 156 valence electrons. The van der Waals surface area contributed by atoms with Gasteiger partial charge in [0.15, 0.2) is 0 Å². The summed E-state index contributed by atoms with van der Waals surface area (Å²) in [5.74, 6) is 0. The summed E-state index contributed by atoms with van der Waals surface area (Å²) < 4.78 is 0. The normalized spacial score (nSPS) is 10.8. The Morgan fingerprint density at radius 3 is 1.65 bits per heavy atom. The zero-order chi connectivity index (χ0) is 21.8. The molecule has 0 aromatic heterocycles. The number of anilines is 3. The standard InChI is InChI=1S/C30H31N/c1-5-24-20-27(18-16-22(24)3)31(28-19-17-23(4)25(6-2)21-28)30-15-11-10-14-29(30)26-12-8-7-9-13-26/h7-21H,5-6H2,1-4H3. The average Bonchev–Trinajstić information content (AvgIpc) is 2.82. The number of hydrogen-bond acceptors (Lipinski definition) is 1. The molecule has 4 rings (SSSR count). The van der Waals surface area contributed by atoms with Crippen LogP contribution in [0, 0.1) is 13.8 Å². The average molecular weight is 406 g/mol. The quantitative estimate of drug-likeness (QED) is 0.310. The van der Waals surface area contributed by atoms with Crippen LogP contribution in [0.15, 0.2) is 91.0 Å². The lowest BCUT2D eigenvalue weighted by Crippen LogP contribution is -2.12. The van der Waals surface area contributed by atoms with Gasteiger partial charge in [0.1, 0.15) is 0 Å². The van der Waals surface area contributed by atoms with E-state index in [4.69, 9.17) is 0 Å². The van der Waals surface area contributed by atoms with Gasteiger partial charge in [-0.25, -0.2) is 0 Å². The van der Waals surface area contributed by atoms with Crippen LogP contribution in [0.25, 0.3) is 11.1 Å². The highest BCUT2D eigenvalue weighted by atomic mass is 15.1. The van der Waals surface area contributed by atoms with E-state index in [2.05, 4.69) is 124 Å². The minimum Gasteiger partial charge on any atom is -0.310 e. The predicted molar refractivity (Wildman–Crippen MR) is 135 cm³/mol. The van der Waals surface area contributed by atoms with Gasteiger partial charge in [-0.1, -0.05) is 74.5 Å². The van der Waals surface area contributed by atoms with Crippen molar-refractivity contribution in [2.24, 2.45) is 0 Å². The number of para-hydroxylation sites is 1. The van der Waals surface area contributed by atoms with Gasteiger partial charge in [-0.2, -0.15) is 0 Å². The second-order valence-electron chi connectivity index (χ2n) is 8.15. The van der Waals surface area contributed by atoms with Crippen molar-refractivity contribution in [3.63, 3.8) is 0 Å². The summed E-state index contributed by atoms with van der Waals surface area (Å²) in [5.41, 5.74) is 11.6. The fraction of sp³-hybridized carbons (Fsp3) is 0.200. The molecule has 4 aromatic carbocycles. The van der Waals surface area contributed by atoms with Crippen LogP contribution in [0.3, 0.4) is 0 Å². The molecule has 0 spiro atoms. The van der Waals surface area contributed by atoms with Crippen molar-refractivity contribution >= 4 is 17.1 Å². The van der Waals surface area contributed by atoms with E-state index in [0.717, 1.165) is 12.8 Å². The molecule has 0 radical (unpaired) electrons.